The summed E-state index contributed by atoms with van der Waals surface area (Å²) in [6.45, 7) is 1.47. The topological polar surface area (TPSA) is 52.6 Å². The van der Waals surface area contributed by atoms with Crippen molar-refractivity contribution in [1.29, 1.82) is 0 Å². The number of halogens is 3. The SMILES string of the molecule is CN1CC[C@@H](O)[C@H](C(=O)NCCc2cccc(C(F)(F)F)c2)C1. The first-order valence-corrected chi connectivity index (χ1v) is 7.58. The van der Waals surface area contributed by atoms with Gasteiger partial charge in [-0.3, -0.25) is 4.79 Å². The summed E-state index contributed by atoms with van der Waals surface area (Å²) < 4.78 is 37.9. The average molecular weight is 330 g/mol. The molecule has 2 atom stereocenters. The van der Waals surface area contributed by atoms with Crippen LogP contribution in [0.1, 0.15) is 17.5 Å². The van der Waals surface area contributed by atoms with Crippen molar-refractivity contribution >= 4 is 5.91 Å². The molecule has 1 heterocycles. The van der Waals surface area contributed by atoms with Crippen LogP contribution in [-0.4, -0.2) is 48.7 Å². The van der Waals surface area contributed by atoms with Gasteiger partial charge in [0.2, 0.25) is 5.91 Å². The lowest BCUT2D eigenvalue weighted by atomic mass is 9.94. The third kappa shape index (κ3) is 4.94. The van der Waals surface area contributed by atoms with Gasteiger partial charge in [-0.25, -0.2) is 0 Å². The van der Waals surface area contributed by atoms with Crippen molar-refractivity contribution in [3.05, 3.63) is 35.4 Å². The zero-order valence-corrected chi connectivity index (χ0v) is 12.9. The third-order valence-corrected chi connectivity index (χ3v) is 4.08. The standard InChI is InChI=1S/C16H21F3N2O2/c1-21-8-6-14(22)13(10-21)15(23)20-7-5-11-3-2-4-12(9-11)16(17,18)19/h2-4,9,13-14,22H,5-8,10H2,1H3,(H,20,23)/t13-,14-/m1/s1. The molecule has 128 valence electrons. The molecule has 1 amide bonds. The molecular formula is C16H21F3N2O2. The number of carbonyl (C=O) groups excluding carboxylic acids is 1. The Morgan fingerprint density at radius 1 is 1.43 bits per heavy atom. The van der Waals surface area contributed by atoms with Crippen LogP contribution >= 0.6 is 0 Å². The maximum Gasteiger partial charge on any atom is 0.416 e. The summed E-state index contributed by atoms with van der Waals surface area (Å²) in [5.41, 5.74) is -0.174. The minimum Gasteiger partial charge on any atom is -0.392 e. The summed E-state index contributed by atoms with van der Waals surface area (Å²) in [7, 11) is 1.88. The van der Waals surface area contributed by atoms with Gasteiger partial charge >= 0.3 is 6.18 Å². The lowest BCUT2D eigenvalue weighted by Crippen LogP contribution is -2.49. The number of rotatable bonds is 4. The molecule has 1 aromatic rings. The molecule has 4 nitrogen and oxygen atoms in total. The van der Waals surface area contributed by atoms with Gasteiger partial charge in [-0.15, -0.1) is 0 Å². The first kappa shape index (κ1) is 17.7. The van der Waals surface area contributed by atoms with Gasteiger partial charge in [0.05, 0.1) is 17.6 Å². The van der Waals surface area contributed by atoms with E-state index < -0.39 is 23.8 Å². The second kappa shape index (κ2) is 7.31. The Balaban J connectivity index is 1.86. The number of hydrogen-bond donors (Lipinski definition) is 2. The van der Waals surface area contributed by atoms with Gasteiger partial charge in [-0.05, 0) is 31.5 Å². The minimum atomic E-state index is -4.37. The second-order valence-electron chi connectivity index (χ2n) is 5.96. The van der Waals surface area contributed by atoms with Crippen LogP contribution in [0.5, 0.6) is 0 Å². The number of aliphatic hydroxyl groups excluding tert-OH is 1. The maximum atomic E-state index is 12.6. The van der Waals surface area contributed by atoms with Crippen LogP contribution in [-0.2, 0) is 17.4 Å². The van der Waals surface area contributed by atoms with Crippen LogP contribution in [0.4, 0.5) is 13.2 Å². The highest BCUT2D eigenvalue weighted by molar-refractivity contribution is 5.79. The fraction of sp³-hybridized carbons (Fsp3) is 0.562. The smallest absolute Gasteiger partial charge is 0.392 e. The molecule has 1 saturated heterocycles. The molecule has 1 aromatic carbocycles. The normalized spacial score (nSPS) is 22.8. The number of amides is 1. The van der Waals surface area contributed by atoms with E-state index >= 15 is 0 Å². The molecule has 2 rings (SSSR count). The second-order valence-corrected chi connectivity index (χ2v) is 5.96. The Hall–Kier alpha value is -1.60. The van der Waals surface area contributed by atoms with Crippen LogP contribution in [0.25, 0.3) is 0 Å². The Morgan fingerprint density at radius 2 is 2.17 bits per heavy atom. The van der Waals surface area contributed by atoms with Crippen molar-refractivity contribution in [1.82, 2.24) is 10.2 Å². The Morgan fingerprint density at radius 3 is 2.87 bits per heavy atom. The molecule has 7 heteroatoms. The predicted octanol–water partition coefficient (Wildman–Crippen LogP) is 1.68. The van der Waals surface area contributed by atoms with E-state index in [1.807, 2.05) is 11.9 Å². The first-order chi connectivity index (χ1) is 10.8. The summed E-state index contributed by atoms with van der Waals surface area (Å²) in [5.74, 6) is -0.744. The molecular weight excluding hydrogens is 309 g/mol. The number of nitrogens with zero attached hydrogens (tertiary/aromatic N) is 1. The summed E-state index contributed by atoms with van der Waals surface area (Å²) in [6, 6.07) is 5.08. The monoisotopic (exact) mass is 330 g/mol. The fourth-order valence-corrected chi connectivity index (χ4v) is 2.72. The van der Waals surface area contributed by atoms with Crippen LogP contribution in [0.2, 0.25) is 0 Å². The van der Waals surface area contributed by atoms with E-state index in [1.54, 1.807) is 6.07 Å². The van der Waals surface area contributed by atoms with Gasteiger partial charge in [0.15, 0.2) is 0 Å². The Labute approximate surface area is 133 Å². The van der Waals surface area contributed by atoms with Gasteiger partial charge in [0, 0.05) is 19.6 Å². The van der Waals surface area contributed by atoms with Crippen LogP contribution in [0.3, 0.4) is 0 Å². The molecule has 0 radical (unpaired) electrons. The maximum absolute atomic E-state index is 12.6. The van der Waals surface area contributed by atoms with E-state index in [1.165, 1.54) is 6.07 Å². The van der Waals surface area contributed by atoms with E-state index in [-0.39, 0.29) is 12.5 Å². The minimum absolute atomic E-state index is 0.243. The molecule has 0 saturated carbocycles. The number of nitrogens with one attached hydrogen (secondary N) is 1. The van der Waals surface area contributed by atoms with Crippen molar-refractivity contribution < 1.29 is 23.1 Å². The summed E-state index contributed by atoms with van der Waals surface area (Å²) in [5, 5.41) is 12.6. The Bertz CT molecular complexity index is 548. The molecule has 0 bridgehead atoms. The highest BCUT2D eigenvalue weighted by Gasteiger charge is 2.32. The number of carbonyl (C=O) groups is 1. The number of hydrogen-bond acceptors (Lipinski definition) is 3. The van der Waals surface area contributed by atoms with Gasteiger partial charge in [0.25, 0.3) is 0 Å². The van der Waals surface area contributed by atoms with Crippen LogP contribution < -0.4 is 5.32 Å². The molecule has 1 fully saturated rings. The predicted molar refractivity (Wildman–Crippen MR) is 79.8 cm³/mol. The van der Waals surface area contributed by atoms with E-state index in [9.17, 15) is 23.1 Å². The quantitative estimate of drug-likeness (QED) is 0.883. The summed E-state index contributed by atoms with van der Waals surface area (Å²) >= 11 is 0. The van der Waals surface area contributed by atoms with Crippen molar-refractivity contribution in [3.8, 4) is 0 Å². The van der Waals surface area contributed by atoms with Gasteiger partial charge < -0.3 is 15.3 Å². The highest BCUT2D eigenvalue weighted by Crippen LogP contribution is 2.29. The number of aliphatic hydroxyl groups is 1. The molecule has 0 spiro atoms. The van der Waals surface area contributed by atoms with Gasteiger partial charge in [-0.2, -0.15) is 13.2 Å². The van der Waals surface area contributed by atoms with Crippen molar-refractivity contribution in [2.75, 3.05) is 26.7 Å². The third-order valence-electron chi connectivity index (χ3n) is 4.08. The number of piperidine rings is 1. The lowest BCUT2D eigenvalue weighted by molar-refractivity contribution is -0.137. The van der Waals surface area contributed by atoms with E-state index in [0.717, 1.165) is 18.7 Å². The number of benzene rings is 1. The largest absolute Gasteiger partial charge is 0.416 e. The molecule has 0 aliphatic carbocycles. The van der Waals surface area contributed by atoms with E-state index in [4.69, 9.17) is 0 Å². The zero-order valence-electron chi connectivity index (χ0n) is 12.9. The summed E-state index contributed by atoms with van der Waals surface area (Å²) in [4.78, 5) is 14.1. The lowest BCUT2D eigenvalue weighted by Gasteiger charge is -2.32. The number of alkyl halides is 3. The highest BCUT2D eigenvalue weighted by atomic mass is 19.4. The van der Waals surface area contributed by atoms with Crippen molar-refractivity contribution in [2.24, 2.45) is 5.92 Å². The van der Waals surface area contributed by atoms with Crippen molar-refractivity contribution in [2.45, 2.75) is 25.1 Å². The van der Waals surface area contributed by atoms with Gasteiger partial charge in [0.1, 0.15) is 0 Å². The molecule has 23 heavy (non-hydrogen) atoms. The number of likely N-dealkylation sites (tertiary alicyclic amines) is 1. The Kier molecular flexibility index (Phi) is 5.64. The van der Waals surface area contributed by atoms with Crippen LogP contribution in [0, 0.1) is 5.92 Å². The summed E-state index contributed by atoms with van der Waals surface area (Å²) in [6.07, 6.45) is -4.17. The molecule has 1 aliphatic rings. The van der Waals surface area contributed by atoms with E-state index in [0.29, 0.717) is 24.9 Å². The molecule has 0 aromatic heterocycles. The fourth-order valence-electron chi connectivity index (χ4n) is 2.72. The first-order valence-electron chi connectivity index (χ1n) is 7.58. The van der Waals surface area contributed by atoms with E-state index in [2.05, 4.69) is 5.32 Å². The van der Waals surface area contributed by atoms with Gasteiger partial charge in [-0.1, -0.05) is 18.2 Å². The van der Waals surface area contributed by atoms with Crippen LogP contribution in [0.15, 0.2) is 24.3 Å². The van der Waals surface area contributed by atoms with Crippen molar-refractivity contribution in [3.63, 3.8) is 0 Å². The average Bonchev–Trinajstić information content (AvgIpc) is 2.49. The molecule has 0 unspecified atom stereocenters. The molecule has 2 N–H and O–H groups in total. The zero-order chi connectivity index (χ0) is 17.0. The molecule has 1 aliphatic heterocycles.